The Morgan fingerprint density at radius 1 is 1.43 bits per heavy atom. The minimum Gasteiger partial charge on any atom is -0.478 e. The Kier molecular flexibility index (Phi) is 3.83. The van der Waals surface area contributed by atoms with E-state index >= 15 is 0 Å². The average Bonchev–Trinajstić information content (AvgIpc) is 2.11. The molecule has 0 amide bonds. The van der Waals surface area contributed by atoms with Gasteiger partial charge in [-0.25, -0.2) is 9.18 Å². The molecule has 0 aliphatic rings. The monoisotopic (exact) mass is 322 g/mol. The van der Waals surface area contributed by atoms with Crippen LogP contribution in [0.15, 0.2) is 27.2 Å². The highest BCUT2D eigenvalue weighted by molar-refractivity contribution is 9.11. The highest BCUT2D eigenvalue weighted by Gasteiger charge is 2.07. The third-order valence-electron chi connectivity index (χ3n) is 1.47. The van der Waals surface area contributed by atoms with E-state index in [1.54, 1.807) is 0 Å². The highest BCUT2D eigenvalue weighted by Crippen LogP contribution is 2.28. The van der Waals surface area contributed by atoms with Crippen molar-refractivity contribution in [2.45, 2.75) is 0 Å². The number of halogens is 3. The Morgan fingerprint density at radius 2 is 2.07 bits per heavy atom. The molecule has 0 saturated heterocycles. The van der Waals surface area contributed by atoms with Gasteiger partial charge in [0.2, 0.25) is 0 Å². The van der Waals surface area contributed by atoms with E-state index in [-0.39, 0.29) is 4.47 Å². The fourth-order valence-electron chi connectivity index (χ4n) is 0.850. The van der Waals surface area contributed by atoms with Crippen molar-refractivity contribution in [3.63, 3.8) is 0 Å². The first-order chi connectivity index (χ1) is 6.52. The molecule has 0 aliphatic heterocycles. The summed E-state index contributed by atoms with van der Waals surface area (Å²) in [6, 6.07) is 2.80. The van der Waals surface area contributed by atoms with Crippen LogP contribution in [0.1, 0.15) is 5.56 Å². The molecule has 5 heteroatoms. The summed E-state index contributed by atoms with van der Waals surface area (Å²) < 4.78 is 13.9. The molecule has 0 spiro atoms. The van der Waals surface area contributed by atoms with E-state index in [0.29, 0.717) is 10.0 Å². The standard InChI is InChI=1S/C9H5Br2FO2/c10-6-2-3-7(12)9(11)5(6)1-4-8(13)14/h1-4H,(H,13,14). The van der Waals surface area contributed by atoms with Crippen molar-refractivity contribution in [3.8, 4) is 0 Å². The fraction of sp³-hybridized carbons (Fsp3) is 0. The first-order valence-corrected chi connectivity index (χ1v) is 5.15. The molecule has 0 fully saturated rings. The van der Waals surface area contributed by atoms with Gasteiger partial charge in [-0.1, -0.05) is 15.9 Å². The van der Waals surface area contributed by atoms with E-state index in [1.807, 2.05) is 0 Å². The summed E-state index contributed by atoms with van der Waals surface area (Å²) in [6.45, 7) is 0. The smallest absolute Gasteiger partial charge is 0.328 e. The zero-order valence-corrected chi connectivity index (χ0v) is 9.97. The summed E-state index contributed by atoms with van der Waals surface area (Å²) in [5, 5.41) is 8.41. The van der Waals surface area contributed by atoms with Gasteiger partial charge in [-0.05, 0) is 34.1 Å². The molecule has 0 aromatic heterocycles. The molecule has 1 aromatic rings. The Bertz CT molecular complexity index is 402. The van der Waals surface area contributed by atoms with E-state index in [1.165, 1.54) is 18.2 Å². The number of rotatable bonds is 2. The number of hydrogen-bond acceptors (Lipinski definition) is 1. The van der Waals surface area contributed by atoms with Crippen molar-refractivity contribution in [2.75, 3.05) is 0 Å². The quantitative estimate of drug-likeness (QED) is 0.668. The molecule has 1 N–H and O–H groups in total. The number of benzene rings is 1. The number of hydrogen-bond donors (Lipinski definition) is 1. The number of carboxylic acids is 1. The molecule has 0 bridgehead atoms. The summed E-state index contributed by atoms with van der Waals surface area (Å²) in [7, 11) is 0. The molecular formula is C9H5Br2FO2. The van der Waals surface area contributed by atoms with Crippen LogP contribution in [0.4, 0.5) is 4.39 Å². The zero-order valence-electron chi connectivity index (χ0n) is 6.80. The Labute approximate surface area is 96.7 Å². The van der Waals surface area contributed by atoms with Crippen LogP contribution in [0.2, 0.25) is 0 Å². The lowest BCUT2D eigenvalue weighted by Gasteiger charge is -2.02. The minimum atomic E-state index is -1.08. The number of carbonyl (C=O) groups is 1. The topological polar surface area (TPSA) is 37.3 Å². The summed E-state index contributed by atoms with van der Waals surface area (Å²) in [6.07, 6.45) is 2.27. The normalized spacial score (nSPS) is 10.8. The van der Waals surface area contributed by atoms with Gasteiger partial charge in [0.25, 0.3) is 0 Å². The van der Waals surface area contributed by atoms with Crippen LogP contribution in [0.3, 0.4) is 0 Å². The molecule has 0 saturated carbocycles. The van der Waals surface area contributed by atoms with Crippen LogP contribution in [-0.2, 0) is 4.79 Å². The Morgan fingerprint density at radius 3 is 2.64 bits per heavy atom. The Hall–Kier alpha value is -0.680. The molecule has 0 radical (unpaired) electrons. The molecule has 2 nitrogen and oxygen atoms in total. The van der Waals surface area contributed by atoms with E-state index < -0.39 is 11.8 Å². The first-order valence-electron chi connectivity index (χ1n) is 3.57. The lowest BCUT2D eigenvalue weighted by Crippen LogP contribution is -1.88. The highest BCUT2D eigenvalue weighted by atomic mass is 79.9. The van der Waals surface area contributed by atoms with Crippen molar-refractivity contribution in [3.05, 3.63) is 38.5 Å². The van der Waals surface area contributed by atoms with Crippen LogP contribution in [0.5, 0.6) is 0 Å². The van der Waals surface area contributed by atoms with Gasteiger partial charge in [0.05, 0.1) is 4.47 Å². The maximum Gasteiger partial charge on any atom is 0.328 e. The second kappa shape index (κ2) is 4.70. The number of carboxylic acid groups (broad SMARTS) is 1. The van der Waals surface area contributed by atoms with Crippen LogP contribution in [-0.4, -0.2) is 11.1 Å². The molecule has 74 valence electrons. The van der Waals surface area contributed by atoms with E-state index in [0.717, 1.165) is 6.08 Å². The Balaban J connectivity index is 3.19. The first kappa shape index (κ1) is 11.4. The van der Waals surface area contributed by atoms with Crippen molar-refractivity contribution >= 4 is 43.9 Å². The van der Waals surface area contributed by atoms with Crippen LogP contribution < -0.4 is 0 Å². The third kappa shape index (κ3) is 2.65. The second-order valence-electron chi connectivity index (χ2n) is 2.43. The van der Waals surface area contributed by atoms with Gasteiger partial charge in [0.1, 0.15) is 5.82 Å². The van der Waals surface area contributed by atoms with Gasteiger partial charge < -0.3 is 5.11 Å². The van der Waals surface area contributed by atoms with Gasteiger partial charge >= 0.3 is 5.97 Å². The molecule has 0 aliphatic carbocycles. The number of aliphatic carboxylic acids is 1. The van der Waals surface area contributed by atoms with Crippen molar-refractivity contribution < 1.29 is 14.3 Å². The largest absolute Gasteiger partial charge is 0.478 e. The summed E-state index contributed by atoms with van der Waals surface area (Å²) in [4.78, 5) is 10.3. The molecule has 0 atom stereocenters. The maximum atomic E-state index is 13.0. The summed E-state index contributed by atoms with van der Waals surface area (Å²) in [5.41, 5.74) is 0.465. The van der Waals surface area contributed by atoms with Gasteiger partial charge in [0.15, 0.2) is 0 Å². The van der Waals surface area contributed by atoms with Gasteiger partial charge in [0, 0.05) is 16.1 Å². The van der Waals surface area contributed by atoms with Crippen molar-refractivity contribution in [2.24, 2.45) is 0 Å². The van der Waals surface area contributed by atoms with Gasteiger partial charge in [-0.2, -0.15) is 0 Å². The molecule has 1 rings (SSSR count). The van der Waals surface area contributed by atoms with Crippen molar-refractivity contribution in [1.82, 2.24) is 0 Å². The molecule has 1 aromatic carbocycles. The van der Waals surface area contributed by atoms with Crippen LogP contribution >= 0.6 is 31.9 Å². The van der Waals surface area contributed by atoms with Crippen molar-refractivity contribution in [1.29, 1.82) is 0 Å². The molecule has 14 heavy (non-hydrogen) atoms. The zero-order chi connectivity index (χ0) is 10.7. The maximum absolute atomic E-state index is 13.0. The fourth-order valence-corrected chi connectivity index (χ4v) is 2.06. The lowest BCUT2D eigenvalue weighted by molar-refractivity contribution is -0.131. The summed E-state index contributed by atoms with van der Waals surface area (Å²) in [5.74, 6) is -1.51. The van der Waals surface area contributed by atoms with Gasteiger partial charge in [-0.3, -0.25) is 0 Å². The second-order valence-corrected chi connectivity index (χ2v) is 4.08. The molecule has 0 unspecified atom stereocenters. The lowest BCUT2D eigenvalue weighted by atomic mass is 10.2. The van der Waals surface area contributed by atoms with Gasteiger partial charge in [-0.15, -0.1) is 0 Å². The van der Waals surface area contributed by atoms with E-state index in [2.05, 4.69) is 31.9 Å². The van der Waals surface area contributed by atoms with Crippen LogP contribution in [0.25, 0.3) is 6.08 Å². The molecule has 0 heterocycles. The molecular weight excluding hydrogens is 319 g/mol. The summed E-state index contributed by atoms with van der Waals surface area (Å²) >= 11 is 6.22. The van der Waals surface area contributed by atoms with E-state index in [4.69, 9.17) is 5.11 Å². The SMILES string of the molecule is O=C(O)C=Cc1c(Br)ccc(F)c1Br. The average molecular weight is 324 g/mol. The minimum absolute atomic E-state index is 0.240. The van der Waals surface area contributed by atoms with Crippen LogP contribution in [0, 0.1) is 5.82 Å². The third-order valence-corrected chi connectivity index (χ3v) is 2.97. The predicted molar refractivity (Wildman–Crippen MR) is 58.5 cm³/mol. The predicted octanol–water partition coefficient (Wildman–Crippen LogP) is 3.45. The van der Waals surface area contributed by atoms with E-state index in [9.17, 15) is 9.18 Å².